The lowest BCUT2D eigenvalue weighted by Crippen LogP contribution is -2.57. The predicted molar refractivity (Wildman–Crippen MR) is 204 cm³/mol. The summed E-state index contributed by atoms with van der Waals surface area (Å²) in [5.41, 5.74) is 5.84. The average molecular weight is 798 g/mol. The third kappa shape index (κ3) is 10.3. The maximum Gasteiger partial charge on any atom is 0.469 e. The van der Waals surface area contributed by atoms with Gasteiger partial charge < -0.3 is 45.1 Å². The molecule has 1 aliphatic rings. The fraction of sp³-hybridized carbons (Fsp3) is 0.459. The lowest BCUT2D eigenvalue weighted by Gasteiger charge is -2.35. The first-order valence-corrected chi connectivity index (χ1v) is 19.3. The number of carbonyl (C=O) groups excluding carboxylic acids is 3. The molecule has 3 heterocycles. The number of Topliss-reactive ketones (excluding diaryl/α,β-unsaturated/α-hetero) is 1. The highest BCUT2D eigenvalue weighted by molar-refractivity contribution is 7.46. The summed E-state index contributed by atoms with van der Waals surface area (Å²) in [6.45, 7) is 7.23. The van der Waals surface area contributed by atoms with Gasteiger partial charge in [0, 0.05) is 37.3 Å². The van der Waals surface area contributed by atoms with Crippen LogP contribution in [0.5, 0.6) is 0 Å². The zero-order valence-electron chi connectivity index (χ0n) is 32.1. The number of hydrogen-bond acceptors (Lipinski definition) is 14. The maximum absolute atomic E-state index is 14.3. The molecular weight excluding hydrogens is 749 g/mol. The van der Waals surface area contributed by atoms with Crippen molar-refractivity contribution in [3.8, 4) is 0 Å². The zero-order valence-corrected chi connectivity index (χ0v) is 33.0. The minimum absolute atomic E-state index is 0.0178. The Kier molecular flexibility index (Phi) is 12.7. The SMILES string of the molecule is CC(O[C@@H]1CC(COP(=O)(O)O)OC1n1cnc2c(N)ncnc21)C(C)(O)C(=O)C(Cc1ccc(C(=O)c2ccc(N(C)C)cc2)cc1)NC(=O)OC(C)(C)C. The number of ether oxygens (including phenoxy) is 3. The van der Waals surface area contributed by atoms with Gasteiger partial charge in [-0.15, -0.1) is 0 Å². The van der Waals surface area contributed by atoms with Crippen LogP contribution in [0.1, 0.15) is 68.8 Å². The number of phosphoric acid groups is 1. The smallest absolute Gasteiger partial charge is 0.444 e. The number of nitrogen functional groups attached to an aromatic ring is 1. The van der Waals surface area contributed by atoms with Crippen molar-refractivity contribution in [3.63, 3.8) is 0 Å². The van der Waals surface area contributed by atoms with Crippen LogP contribution in [0.25, 0.3) is 11.2 Å². The van der Waals surface area contributed by atoms with Crippen molar-refractivity contribution in [2.24, 2.45) is 0 Å². The average Bonchev–Trinajstić information content (AvgIpc) is 3.73. The normalized spacial score (nSPS) is 19.6. The molecule has 6 N–H and O–H groups in total. The number of benzene rings is 2. The number of nitrogens with one attached hydrogen (secondary N) is 1. The van der Waals surface area contributed by atoms with E-state index in [0.717, 1.165) is 5.69 Å². The van der Waals surface area contributed by atoms with Gasteiger partial charge in [0.2, 0.25) is 0 Å². The van der Waals surface area contributed by atoms with Gasteiger partial charge in [-0.05, 0) is 70.9 Å². The predicted octanol–water partition coefficient (Wildman–Crippen LogP) is 3.33. The van der Waals surface area contributed by atoms with Gasteiger partial charge in [0.1, 0.15) is 29.2 Å². The number of alkyl carbamates (subject to hydrolysis) is 1. The van der Waals surface area contributed by atoms with E-state index in [4.69, 9.17) is 24.5 Å². The summed E-state index contributed by atoms with van der Waals surface area (Å²) in [6.07, 6.45) is -2.43. The number of nitrogens with two attached hydrogens (primary N) is 1. The van der Waals surface area contributed by atoms with Crippen LogP contribution in [0.3, 0.4) is 0 Å². The second-order valence-electron chi connectivity index (χ2n) is 15.0. The van der Waals surface area contributed by atoms with Gasteiger partial charge in [-0.3, -0.25) is 18.7 Å². The lowest BCUT2D eigenvalue weighted by atomic mass is 9.87. The molecule has 1 fully saturated rings. The van der Waals surface area contributed by atoms with Gasteiger partial charge in [-0.2, -0.15) is 0 Å². The molecular formula is C37H48N7O11P. The highest BCUT2D eigenvalue weighted by atomic mass is 31.2. The molecule has 1 amide bonds. The summed E-state index contributed by atoms with van der Waals surface area (Å²) >= 11 is 0. The summed E-state index contributed by atoms with van der Waals surface area (Å²) in [7, 11) is -1.04. The van der Waals surface area contributed by atoms with Crippen molar-refractivity contribution in [3.05, 3.63) is 77.9 Å². The Morgan fingerprint density at radius 2 is 1.66 bits per heavy atom. The second-order valence-corrected chi connectivity index (χ2v) is 16.2. The Morgan fingerprint density at radius 1 is 1.04 bits per heavy atom. The molecule has 302 valence electrons. The number of nitrogens with zero attached hydrogens (tertiary/aromatic N) is 5. The molecule has 6 atom stereocenters. The quantitative estimate of drug-likeness (QED) is 0.0855. The summed E-state index contributed by atoms with van der Waals surface area (Å²) in [6, 6.07) is 12.5. The van der Waals surface area contributed by atoms with Gasteiger partial charge in [0.25, 0.3) is 0 Å². The molecule has 56 heavy (non-hydrogen) atoms. The van der Waals surface area contributed by atoms with E-state index in [-0.39, 0.29) is 35.6 Å². The highest BCUT2D eigenvalue weighted by Crippen LogP contribution is 2.40. The molecule has 19 heteroatoms. The number of fused-ring (bicyclic) bond motifs is 1. The third-order valence-corrected chi connectivity index (χ3v) is 9.70. The molecule has 0 bridgehead atoms. The van der Waals surface area contributed by atoms with Crippen LogP contribution in [0, 0.1) is 0 Å². The molecule has 0 radical (unpaired) electrons. The molecule has 1 saturated heterocycles. The highest BCUT2D eigenvalue weighted by Gasteiger charge is 2.47. The molecule has 2 aromatic heterocycles. The van der Waals surface area contributed by atoms with Crippen LogP contribution in [-0.4, -0.2) is 108 Å². The molecule has 0 spiro atoms. The van der Waals surface area contributed by atoms with Crippen molar-refractivity contribution < 1.29 is 52.6 Å². The second kappa shape index (κ2) is 16.7. The Hall–Kier alpha value is -4.81. The standard InChI is InChI=1S/C37H48N7O11P/c1-21(53-28-17-26(18-52-56(49,50)51)54-34(28)44-20-41-29-32(38)39-19-40-33(29)44)37(5,48)31(46)27(42-35(47)55-36(2,3)4)16-22-8-10-23(11-9-22)30(45)24-12-14-25(15-13-24)43(6)7/h8-15,19-21,26-28,34,48H,16-18H2,1-7H3,(H,42,47)(H2,38,39,40)(H2,49,50,51)/t21?,26?,27?,28-,34?,37?/m1/s1. The Morgan fingerprint density at radius 3 is 2.25 bits per heavy atom. The van der Waals surface area contributed by atoms with Gasteiger partial charge >= 0.3 is 13.9 Å². The molecule has 5 rings (SSSR count). The largest absolute Gasteiger partial charge is 0.469 e. The molecule has 4 aromatic rings. The number of aliphatic hydroxyl groups is 1. The van der Waals surface area contributed by atoms with Gasteiger partial charge in [-0.25, -0.2) is 24.3 Å². The summed E-state index contributed by atoms with van der Waals surface area (Å²) in [5.74, 6) is -0.894. The first-order chi connectivity index (χ1) is 26.1. The van der Waals surface area contributed by atoms with Gasteiger partial charge in [0.05, 0.1) is 31.2 Å². The van der Waals surface area contributed by atoms with Crippen LogP contribution in [0.2, 0.25) is 0 Å². The molecule has 1 aliphatic heterocycles. The molecule has 0 saturated carbocycles. The summed E-state index contributed by atoms with van der Waals surface area (Å²) in [5, 5.41) is 14.5. The van der Waals surface area contributed by atoms with E-state index < -0.39 is 68.1 Å². The van der Waals surface area contributed by atoms with Crippen molar-refractivity contribution in [1.82, 2.24) is 24.8 Å². The van der Waals surface area contributed by atoms with Crippen LogP contribution in [0.4, 0.5) is 16.3 Å². The van der Waals surface area contributed by atoms with E-state index in [1.807, 2.05) is 31.1 Å². The van der Waals surface area contributed by atoms with Gasteiger partial charge in [-0.1, -0.05) is 24.3 Å². The van der Waals surface area contributed by atoms with E-state index in [2.05, 4.69) is 20.3 Å². The van der Waals surface area contributed by atoms with Crippen LogP contribution in [0.15, 0.2) is 61.2 Å². The first kappa shape index (κ1) is 42.3. The van der Waals surface area contributed by atoms with Crippen molar-refractivity contribution in [2.45, 2.75) is 89.2 Å². The van der Waals surface area contributed by atoms with Crippen LogP contribution in [-0.2, 0) is 34.5 Å². The number of rotatable bonds is 15. The number of imidazole rings is 1. The monoisotopic (exact) mass is 797 g/mol. The Balaban J connectivity index is 1.37. The van der Waals surface area contributed by atoms with Crippen LogP contribution < -0.4 is 16.0 Å². The molecule has 0 aliphatic carbocycles. The minimum atomic E-state index is -4.85. The number of carbonyl (C=O) groups is 3. The lowest BCUT2D eigenvalue weighted by molar-refractivity contribution is -0.167. The number of ketones is 2. The van der Waals surface area contributed by atoms with Crippen molar-refractivity contribution >= 4 is 48.2 Å². The van der Waals surface area contributed by atoms with Crippen molar-refractivity contribution in [2.75, 3.05) is 31.3 Å². The topological polar surface area (TPSA) is 251 Å². The summed E-state index contributed by atoms with van der Waals surface area (Å²) in [4.78, 5) is 73.5. The number of aromatic nitrogens is 4. The van der Waals surface area contributed by atoms with Gasteiger partial charge in [0.15, 0.2) is 29.3 Å². The van der Waals surface area contributed by atoms with E-state index in [0.29, 0.717) is 16.7 Å². The molecule has 18 nitrogen and oxygen atoms in total. The number of amides is 1. The van der Waals surface area contributed by atoms with Crippen LogP contribution >= 0.6 is 7.82 Å². The van der Waals surface area contributed by atoms with E-state index in [9.17, 15) is 33.8 Å². The van der Waals surface area contributed by atoms with E-state index >= 15 is 0 Å². The Labute approximate surface area is 323 Å². The number of hydrogen-bond donors (Lipinski definition) is 5. The fourth-order valence-electron chi connectivity index (χ4n) is 6.14. The minimum Gasteiger partial charge on any atom is -0.444 e. The fourth-order valence-corrected chi connectivity index (χ4v) is 6.50. The van der Waals surface area contributed by atoms with E-state index in [1.54, 1.807) is 57.2 Å². The summed E-state index contributed by atoms with van der Waals surface area (Å²) < 4.78 is 35.5. The number of phosphoric ester groups is 1. The van der Waals surface area contributed by atoms with E-state index in [1.165, 1.54) is 31.1 Å². The Bertz CT molecular complexity index is 2080. The van der Waals surface area contributed by atoms with Crippen molar-refractivity contribution in [1.29, 1.82) is 0 Å². The number of anilines is 2. The zero-order chi connectivity index (χ0) is 41.2. The third-order valence-electron chi connectivity index (χ3n) is 9.21. The molecule has 2 aromatic carbocycles. The first-order valence-electron chi connectivity index (χ1n) is 17.7. The molecule has 5 unspecified atom stereocenters. The maximum atomic E-state index is 14.3.